The molecular weight excluding hydrogens is 236 g/mol. The lowest BCUT2D eigenvalue weighted by Gasteiger charge is -2.00. The minimum absolute atomic E-state index is 0.167. The number of carbonyl (C=O) groups is 1. The number of ether oxygens (including phenoxy) is 1. The van der Waals surface area contributed by atoms with Gasteiger partial charge >= 0.3 is 5.97 Å². The SMILES string of the molecule is CCOC(=O)Cn1cc(Br)c(C)n1. The van der Waals surface area contributed by atoms with Crippen LogP contribution in [0, 0.1) is 6.92 Å². The van der Waals surface area contributed by atoms with Crippen LogP contribution in [0.1, 0.15) is 12.6 Å². The highest BCUT2D eigenvalue weighted by Gasteiger charge is 2.06. The fraction of sp³-hybridized carbons (Fsp3) is 0.500. The number of aromatic nitrogens is 2. The van der Waals surface area contributed by atoms with Crippen LogP contribution in [-0.4, -0.2) is 22.4 Å². The summed E-state index contributed by atoms with van der Waals surface area (Å²) >= 11 is 3.31. The van der Waals surface area contributed by atoms with Crippen molar-refractivity contribution in [2.24, 2.45) is 0 Å². The Hall–Kier alpha value is -0.840. The molecule has 4 nitrogen and oxygen atoms in total. The smallest absolute Gasteiger partial charge is 0.327 e. The zero-order valence-corrected chi connectivity index (χ0v) is 9.17. The molecule has 0 aliphatic rings. The first-order valence-corrected chi connectivity index (χ1v) is 4.78. The lowest BCUT2D eigenvalue weighted by atomic mass is 10.5. The highest BCUT2D eigenvalue weighted by molar-refractivity contribution is 9.10. The predicted molar refractivity (Wildman–Crippen MR) is 51.3 cm³/mol. The molecule has 0 atom stereocenters. The Labute approximate surface area is 85.0 Å². The predicted octanol–water partition coefficient (Wildman–Crippen LogP) is 1.52. The molecule has 0 N–H and O–H groups in total. The Bertz CT molecular complexity index is 290. The zero-order valence-electron chi connectivity index (χ0n) is 7.58. The Morgan fingerprint density at radius 3 is 2.92 bits per heavy atom. The average molecular weight is 247 g/mol. The van der Waals surface area contributed by atoms with E-state index in [9.17, 15) is 4.79 Å². The van der Waals surface area contributed by atoms with Crippen LogP contribution >= 0.6 is 15.9 Å². The monoisotopic (exact) mass is 246 g/mol. The highest BCUT2D eigenvalue weighted by atomic mass is 79.9. The van der Waals surface area contributed by atoms with E-state index in [0.717, 1.165) is 10.2 Å². The van der Waals surface area contributed by atoms with Crippen molar-refractivity contribution in [3.8, 4) is 0 Å². The van der Waals surface area contributed by atoms with Crippen molar-refractivity contribution in [2.75, 3.05) is 6.61 Å². The second kappa shape index (κ2) is 4.41. The molecule has 72 valence electrons. The van der Waals surface area contributed by atoms with Gasteiger partial charge in [0.15, 0.2) is 0 Å². The molecule has 1 aromatic rings. The van der Waals surface area contributed by atoms with Crippen LogP contribution < -0.4 is 0 Å². The summed E-state index contributed by atoms with van der Waals surface area (Å²) in [5, 5.41) is 4.10. The molecule has 0 saturated heterocycles. The minimum atomic E-state index is -0.266. The maximum absolute atomic E-state index is 11.0. The first kappa shape index (κ1) is 10.2. The normalized spacial score (nSPS) is 10.1. The van der Waals surface area contributed by atoms with Gasteiger partial charge in [0.2, 0.25) is 0 Å². The first-order valence-electron chi connectivity index (χ1n) is 3.98. The molecule has 0 unspecified atom stereocenters. The zero-order chi connectivity index (χ0) is 9.84. The van der Waals surface area contributed by atoms with Crippen LogP contribution in [0.5, 0.6) is 0 Å². The second-order valence-electron chi connectivity index (χ2n) is 2.57. The lowest BCUT2D eigenvalue weighted by molar-refractivity contribution is -0.144. The number of esters is 1. The van der Waals surface area contributed by atoms with Crippen LogP contribution in [0.15, 0.2) is 10.7 Å². The van der Waals surface area contributed by atoms with Gasteiger partial charge in [-0.2, -0.15) is 5.10 Å². The number of nitrogens with zero attached hydrogens (tertiary/aromatic N) is 2. The lowest BCUT2D eigenvalue weighted by Crippen LogP contribution is -2.13. The molecule has 5 heteroatoms. The standard InChI is InChI=1S/C8H11BrN2O2/c1-3-13-8(12)5-11-4-7(9)6(2)10-11/h4H,3,5H2,1-2H3. The molecule has 0 radical (unpaired) electrons. The molecule has 0 aliphatic carbocycles. The van der Waals surface area contributed by atoms with E-state index in [2.05, 4.69) is 21.0 Å². The summed E-state index contributed by atoms with van der Waals surface area (Å²) < 4.78 is 7.23. The Morgan fingerprint density at radius 2 is 2.46 bits per heavy atom. The molecule has 13 heavy (non-hydrogen) atoms. The van der Waals surface area contributed by atoms with Gasteiger partial charge in [-0.25, -0.2) is 0 Å². The molecule has 0 aromatic carbocycles. The molecule has 0 amide bonds. The summed E-state index contributed by atoms with van der Waals surface area (Å²) in [6.07, 6.45) is 1.76. The number of hydrogen-bond donors (Lipinski definition) is 0. The quantitative estimate of drug-likeness (QED) is 0.760. The highest BCUT2D eigenvalue weighted by Crippen LogP contribution is 2.12. The molecule has 1 rings (SSSR count). The van der Waals surface area contributed by atoms with Crippen molar-refractivity contribution in [1.82, 2.24) is 9.78 Å². The van der Waals surface area contributed by atoms with Crippen molar-refractivity contribution in [3.05, 3.63) is 16.4 Å². The van der Waals surface area contributed by atoms with E-state index in [-0.39, 0.29) is 12.5 Å². The van der Waals surface area contributed by atoms with Gasteiger partial charge in [0.25, 0.3) is 0 Å². The summed E-state index contributed by atoms with van der Waals surface area (Å²) in [4.78, 5) is 11.0. The molecule has 1 heterocycles. The van der Waals surface area contributed by atoms with Crippen molar-refractivity contribution in [3.63, 3.8) is 0 Å². The Kier molecular flexibility index (Phi) is 3.48. The van der Waals surface area contributed by atoms with E-state index in [0.29, 0.717) is 6.61 Å². The average Bonchev–Trinajstić information content (AvgIpc) is 2.31. The fourth-order valence-corrected chi connectivity index (χ4v) is 1.23. The van der Waals surface area contributed by atoms with E-state index in [1.807, 2.05) is 6.92 Å². The van der Waals surface area contributed by atoms with Crippen LogP contribution in [-0.2, 0) is 16.1 Å². The van der Waals surface area contributed by atoms with E-state index in [1.54, 1.807) is 17.8 Å². The Balaban J connectivity index is 2.59. The summed E-state index contributed by atoms with van der Waals surface area (Å²) in [5.41, 5.74) is 0.865. The molecule has 0 aliphatic heterocycles. The van der Waals surface area contributed by atoms with Gasteiger partial charge in [0.05, 0.1) is 16.8 Å². The largest absolute Gasteiger partial charge is 0.465 e. The molecular formula is C8H11BrN2O2. The summed E-state index contributed by atoms with van der Waals surface area (Å²) in [6, 6.07) is 0. The molecule has 0 fully saturated rings. The number of aryl methyl sites for hydroxylation is 1. The van der Waals surface area contributed by atoms with Crippen LogP contribution in [0.4, 0.5) is 0 Å². The third-order valence-electron chi connectivity index (χ3n) is 1.48. The van der Waals surface area contributed by atoms with Gasteiger partial charge in [-0.15, -0.1) is 0 Å². The first-order chi connectivity index (χ1) is 6.13. The minimum Gasteiger partial charge on any atom is -0.465 e. The van der Waals surface area contributed by atoms with Gasteiger partial charge in [-0.3, -0.25) is 9.48 Å². The van der Waals surface area contributed by atoms with E-state index in [4.69, 9.17) is 4.74 Å². The van der Waals surface area contributed by atoms with Crippen molar-refractivity contribution >= 4 is 21.9 Å². The van der Waals surface area contributed by atoms with Crippen LogP contribution in [0.3, 0.4) is 0 Å². The van der Waals surface area contributed by atoms with Gasteiger partial charge in [-0.1, -0.05) is 0 Å². The number of hydrogen-bond acceptors (Lipinski definition) is 3. The topological polar surface area (TPSA) is 44.1 Å². The second-order valence-corrected chi connectivity index (χ2v) is 3.42. The fourth-order valence-electron chi connectivity index (χ4n) is 0.913. The van der Waals surface area contributed by atoms with Crippen molar-refractivity contribution in [2.45, 2.75) is 20.4 Å². The van der Waals surface area contributed by atoms with Crippen molar-refractivity contribution in [1.29, 1.82) is 0 Å². The van der Waals surface area contributed by atoms with Gasteiger partial charge < -0.3 is 4.74 Å². The number of carbonyl (C=O) groups excluding carboxylic acids is 1. The third-order valence-corrected chi connectivity index (χ3v) is 2.26. The number of rotatable bonds is 3. The van der Waals surface area contributed by atoms with Crippen LogP contribution in [0.2, 0.25) is 0 Å². The van der Waals surface area contributed by atoms with Gasteiger partial charge in [0, 0.05) is 6.20 Å². The molecule has 0 spiro atoms. The molecule has 0 bridgehead atoms. The maximum atomic E-state index is 11.0. The van der Waals surface area contributed by atoms with Crippen LogP contribution in [0.25, 0.3) is 0 Å². The molecule has 0 saturated carbocycles. The van der Waals surface area contributed by atoms with E-state index < -0.39 is 0 Å². The van der Waals surface area contributed by atoms with Gasteiger partial charge in [-0.05, 0) is 29.8 Å². The summed E-state index contributed by atoms with van der Waals surface area (Å²) in [6.45, 7) is 4.22. The third kappa shape index (κ3) is 2.84. The molecule has 1 aromatic heterocycles. The Morgan fingerprint density at radius 1 is 1.77 bits per heavy atom. The van der Waals surface area contributed by atoms with Gasteiger partial charge in [0.1, 0.15) is 6.54 Å². The van der Waals surface area contributed by atoms with E-state index in [1.165, 1.54) is 0 Å². The maximum Gasteiger partial charge on any atom is 0.327 e. The number of halogens is 1. The van der Waals surface area contributed by atoms with E-state index >= 15 is 0 Å². The summed E-state index contributed by atoms with van der Waals surface area (Å²) in [7, 11) is 0. The van der Waals surface area contributed by atoms with Crippen molar-refractivity contribution < 1.29 is 9.53 Å². The summed E-state index contributed by atoms with van der Waals surface area (Å²) in [5.74, 6) is -0.266.